The van der Waals surface area contributed by atoms with E-state index in [0.29, 0.717) is 6.42 Å². The number of carbonyl (C=O) groups is 1. The number of rotatable bonds is 4. The summed E-state index contributed by atoms with van der Waals surface area (Å²) in [7, 11) is -1.40. The molecule has 1 aliphatic rings. The summed E-state index contributed by atoms with van der Waals surface area (Å²) in [5.41, 5.74) is 0. The number of nitrogens with zero attached hydrogens (tertiary/aromatic N) is 1. The van der Waals surface area contributed by atoms with Crippen molar-refractivity contribution in [2.24, 2.45) is 0 Å². The minimum Gasteiger partial charge on any atom is -0.480 e. The van der Waals surface area contributed by atoms with Crippen LogP contribution in [0.15, 0.2) is 0 Å². The lowest BCUT2D eigenvalue weighted by Gasteiger charge is -2.31. The molecule has 1 aliphatic carbocycles. The average Bonchev–Trinajstić information content (AvgIpc) is 2.62. The first-order chi connectivity index (χ1) is 7.25. The Bertz CT molecular complexity index is 365. The van der Waals surface area contributed by atoms with Crippen LogP contribution in [0.25, 0.3) is 0 Å². The van der Waals surface area contributed by atoms with E-state index in [1.165, 1.54) is 6.26 Å². The predicted molar refractivity (Wildman–Crippen MR) is 61.1 cm³/mol. The molecule has 0 aromatic heterocycles. The van der Waals surface area contributed by atoms with Gasteiger partial charge in [-0.3, -0.25) is 9.69 Å². The van der Waals surface area contributed by atoms with E-state index in [2.05, 4.69) is 0 Å². The van der Waals surface area contributed by atoms with Gasteiger partial charge in [-0.15, -0.1) is 0 Å². The molecule has 0 saturated heterocycles. The summed E-state index contributed by atoms with van der Waals surface area (Å²) in [5, 5.41) is 8.49. The molecule has 0 aliphatic heterocycles. The van der Waals surface area contributed by atoms with Gasteiger partial charge in [-0.25, -0.2) is 8.42 Å². The highest BCUT2D eigenvalue weighted by Gasteiger charge is 2.39. The number of carboxylic acid groups (broad SMARTS) is 1. The van der Waals surface area contributed by atoms with Crippen molar-refractivity contribution >= 4 is 15.8 Å². The summed E-state index contributed by atoms with van der Waals surface area (Å²) >= 11 is 0. The monoisotopic (exact) mass is 249 g/mol. The van der Waals surface area contributed by atoms with Crippen molar-refractivity contribution < 1.29 is 18.3 Å². The first-order valence-electron chi connectivity index (χ1n) is 5.38. The lowest BCUT2D eigenvalue weighted by Crippen LogP contribution is -2.48. The second kappa shape index (κ2) is 4.71. The molecule has 1 saturated carbocycles. The van der Waals surface area contributed by atoms with Gasteiger partial charge in [-0.1, -0.05) is 6.42 Å². The van der Waals surface area contributed by atoms with Crippen molar-refractivity contribution in [3.8, 4) is 0 Å². The Labute approximate surface area is 96.4 Å². The van der Waals surface area contributed by atoms with Crippen LogP contribution >= 0.6 is 0 Å². The smallest absolute Gasteiger partial charge is 0.320 e. The Hall–Kier alpha value is -0.620. The predicted octanol–water partition coefficient (Wildman–Crippen LogP) is 0.357. The van der Waals surface area contributed by atoms with E-state index >= 15 is 0 Å². The molecule has 3 atom stereocenters. The molecular weight excluding hydrogens is 230 g/mol. The Kier molecular flexibility index (Phi) is 3.96. The van der Waals surface area contributed by atoms with E-state index in [1.807, 2.05) is 0 Å². The molecule has 16 heavy (non-hydrogen) atoms. The fourth-order valence-electron chi connectivity index (χ4n) is 2.33. The quantitative estimate of drug-likeness (QED) is 0.778. The fraction of sp³-hybridized carbons (Fsp3) is 0.900. The van der Waals surface area contributed by atoms with Gasteiger partial charge in [0.05, 0.1) is 5.25 Å². The van der Waals surface area contributed by atoms with E-state index < -0.39 is 27.1 Å². The average molecular weight is 249 g/mol. The molecule has 0 aromatic carbocycles. The van der Waals surface area contributed by atoms with Gasteiger partial charge in [0.2, 0.25) is 0 Å². The molecule has 1 fully saturated rings. The second-order valence-electron chi connectivity index (χ2n) is 4.55. The van der Waals surface area contributed by atoms with Crippen LogP contribution in [-0.2, 0) is 14.6 Å². The van der Waals surface area contributed by atoms with Crippen LogP contribution in [0.3, 0.4) is 0 Å². The Morgan fingerprint density at radius 3 is 2.44 bits per heavy atom. The third-order valence-electron chi connectivity index (χ3n) is 3.46. The van der Waals surface area contributed by atoms with Crippen LogP contribution in [0.1, 0.15) is 26.2 Å². The third-order valence-corrected chi connectivity index (χ3v) is 5.11. The van der Waals surface area contributed by atoms with Crippen molar-refractivity contribution in [3.63, 3.8) is 0 Å². The zero-order valence-electron chi connectivity index (χ0n) is 9.88. The van der Waals surface area contributed by atoms with E-state index in [-0.39, 0.29) is 6.04 Å². The minimum atomic E-state index is -3.09. The van der Waals surface area contributed by atoms with E-state index in [9.17, 15) is 13.2 Å². The molecule has 0 amide bonds. The zero-order chi connectivity index (χ0) is 12.5. The minimum absolute atomic E-state index is 0.166. The van der Waals surface area contributed by atoms with E-state index in [4.69, 9.17) is 5.11 Å². The summed E-state index contributed by atoms with van der Waals surface area (Å²) in [6.07, 6.45) is 3.47. The van der Waals surface area contributed by atoms with Crippen molar-refractivity contribution in [2.75, 3.05) is 13.3 Å². The first kappa shape index (κ1) is 13.4. The number of carboxylic acids is 1. The van der Waals surface area contributed by atoms with Gasteiger partial charge in [-0.2, -0.15) is 0 Å². The number of aliphatic carboxylic acids is 1. The SMILES string of the molecule is CC(C(=O)O)N(C)C1CCCC1S(C)(=O)=O. The molecule has 1 N–H and O–H groups in total. The summed E-state index contributed by atoms with van der Waals surface area (Å²) in [6, 6.07) is -0.812. The molecule has 0 aromatic rings. The van der Waals surface area contributed by atoms with Gasteiger partial charge in [0.15, 0.2) is 9.84 Å². The van der Waals surface area contributed by atoms with Crippen molar-refractivity contribution in [2.45, 2.75) is 43.5 Å². The molecule has 3 unspecified atom stereocenters. The normalized spacial score (nSPS) is 28.2. The standard InChI is InChI=1S/C10H19NO4S/c1-7(10(12)13)11(2)8-5-4-6-9(8)16(3,14)15/h7-9H,4-6H2,1-3H3,(H,12,13). The second-order valence-corrected chi connectivity index (χ2v) is 6.81. The highest BCUT2D eigenvalue weighted by molar-refractivity contribution is 7.91. The molecule has 94 valence electrons. The summed E-state index contributed by atoms with van der Waals surface area (Å²) < 4.78 is 23.1. The van der Waals surface area contributed by atoms with Crippen molar-refractivity contribution in [1.29, 1.82) is 0 Å². The molecule has 0 heterocycles. The molecule has 1 rings (SSSR count). The van der Waals surface area contributed by atoms with Gasteiger partial charge in [0.25, 0.3) is 0 Å². The zero-order valence-corrected chi connectivity index (χ0v) is 10.7. The summed E-state index contributed by atoms with van der Waals surface area (Å²) in [5.74, 6) is -0.915. The maximum Gasteiger partial charge on any atom is 0.320 e. The maximum atomic E-state index is 11.6. The van der Waals surface area contributed by atoms with E-state index in [1.54, 1.807) is 18.9 Å². The van der Waals surface area contributed by atoms with Crippen LogP contribution in [0.2, 0.25) is 0 Å². The number of hydrogen-bond acceptors (Lipinski definition) is 4. The first-order valence-corrected chi connectivity index (χ1v) is 7.34. The highest BCUT2D eigenvalue weighted by atomic mass is 32.2. The number of hydrogen-bond donors (Lipinski definition) is 1. The lowest BCUT2D eigenvalue weighted by molar-refractivity contribution is -0.142. The Balaban J connectivity index is 2.83. The summed E-state index contributed by atoms with van der Waals surface area (Å²) in [4.78, 5) is 12.5. The molecule has 0 radical (unpaired) electrons. The molecule has 0 bridgehead atoms. The van der Waals surface area contributed by atoms with Crippen LogP contribution < -0.4 is 0 Å². The van der Waals surface area contributed by atoms with Crippen molar-refractivity contribution in [3.05, 3.63) is 0 Å². The van der Waals surface area contributed by atoms with Gasteiger partial charge < -0.3 is 5.11 Å². The molecule has 5 nitrogen and oxygen atoms in total. The Morgan fingerprint density at radius 1 is 1.44 bits per heavy atom. The van der Waals surface area contributed by atoms with Gasteiger partial charge in [0.1, 0.15) is 6.04 Å². The highest BCUT2D eigenvalue weighted by Crippen LogP contribution is 2.29. The number of sulfone groups is 1. The van der Waals surface area contributed by atoms with Crippen LogP contribution in [0, 0.1) is 0 Å². The van der Waals surface area contributed by atoms with Crippen LogP contribution in [0.4, 0.5) is 0 Å². The third kappa shape index (κ3) is 2.74. The molecular formula is C10H19NO4S. The number of likely N-dealkylation sites (N-methyl/N-ethyl adjacent to an activating group) is 1. The van der Waals surface area contributed by atoms with Crippen LogP contribution in [-0.4, -0.2) is 55.0 Å². The Morgan fingerprint density at radius 2 is 2.00 bits per heavy atom. The molecule has 0 spiro atoms. The van der Waals surface area contributed by atoms with Gasteiger partial charge >= 0.3 is 5.97 Å². The van der Waals surface area contributed by atoms with Gasteiger partial charge in [-0.05, 0) is 26.8 Å². The largest absolute Gasteiger partial charge is 0.480 e. The van der Waals surface area contributed by atoms with Crippen LogP contribution in [0.5, 0.6) is 0 Å². The summed E-state index contributed by atoms with van der Waals surface area (Å²) in [6.45, 7) is 1.58. The maximum absolute atomic E-state index is 11.6. The van der Waals surface area contributed by atoms with Crippen molar-refractivity contribution in [1.82, 2.24) is 4.90 Å². The molecule has 6 heteroatoms. The fourth-order valence-corrected chi connectivity index (χ4v) is 3.83. The lowest BCUT2D eigenvalue weighted by atomic mass is 10.1. The van der Waals surface area contributed by atoms with E-state index in [0.717, 1.165) is 12.8 Å². The topological polar surface area (TPSA) is 74.7 Å². The van der Waals surface area contributed by atoms with Gasteiger partial charge in [0, 0.05) is 12.3 Å².